The van der Waals surface area contributed by atoms with Gasteiger partial charge in [0.1, 0.15) is 11.3 Å². The molecule has 0 fully saturated rings. The summed E-state index contributed by atoms with van der Waals surface area (Å²) >= 11 is 0. The van der Waals surface area contributed by atoms with Crippen LogP contribution in [0, 0.1) is 10.1 Å². The van der Waals surface area contributed by atoms with Crippen LogP contribution in [0.15, 0.2) is 41.7 Å². The Morgan fingerprint density at radius 3 is 2.73 bits per heavy atom. The highest BCUT2D eigenvalue weighted by molar-refractivity contribution is 5.93. The van der Waals surface area contributed by atoms with Gasteiger partial charge in [0.25, 0.3) is 11.2 Å². The number of hydrogen-bond acceptors (Lipinski definition) is 5. The standard InChI is InChI=1S/C13H8N4O5/c18-12-8(13(19)20)3-7-4-10(16-2-1-14-6-16)11(17(21)22)5-9(7)15-12/h1-6H,(H,15,18)(H,19,20). The van der Waals surface area contributed by atoms with Crippen LogP contribution < -0.4 is 5.56 Å². The molecule has 0 amide bonds. The number of rotatable bonds is 3. The number of carbonyl (C=O) groups is 1. The summed E-state index contributed by atoms with van der Waals surface area (Å²) in [4.78, 5) is 39.4. The molecule has 2 heterocycles. The van der Waals surface area contributed by atoms with E-state index in [0.29, 0.717) is 5.39 Å². The number of fused-ring (bicyclic) bond motifs is 1. The van der Waals surface area contributed by atoms with Gasteiger partial charge in [-0.2, -0.15) is 0 Å². The molecule has 9 heteroatoms. The Labute approximate surface area is 121 Å². The minimum Gasteiger partial charge on any atom is -0.477 e. The molecule has 0 atom stereocenters. The van der Waals surface area contributed by atoms with E-state index >= 15 is 0 Å². The molecular weight excluding hydrogens is 292 g/mol. The predicted octanol–water partition coefficient (Wildman–Crippen LogP) is 1.32. The van der Waals surface area contributed by atoms with Crippen LogP contribution in [0.4, 0.5) is 5.69 Å². The van der Waals surface area contributed by atoms with Crippen molar-refractivity contribution in [2.24, 2.45) is 0 Å². The molecule has 3 rings (SSSR count). The summed E-state index contributed by atoms with van der Waals surface area (Å²) in [7, 11) is 0. The second-order valence-corrected chi connectivity index (χ2v) is 4.47. The van der Waals surface area contributed by atoms with E-state index in [1.54, 1.807) is 0 Å². The van der Waals surface area contributed by atoms with E-state index in [2.05, 4.69) is 9.97 Å². The first-order valence-corrected chi connectivity index (χ1v) is 6.04. The number of aromatic nitrogens is 3. The summed E-state index contributed by atoms with van der Waals surface area (Å²) in [5.74, 6) is -1.37. The van der Waals surface area contributed by atoms with Crippen molar-refractivity contribution in [3.8, 4) is 5.69 Å². The predicted molar refractivity (Wildman–Crippen MR) is 75.3 cm³/mol. The Morgan fingerprint density at radius 2 is 2.14 bits per heavy atom. The van der Waals surface area contributed by atoms with Gasteiger partial charge in [0.2, 0.25) is 0 Å². The zero-order chi connectivity index (χ0) is 15.9. The largest absolute Gasteiger partial charge is 0.477 e. The van der Waals surface area contributed by atoms with Gasteiger partial charge in [-0.15, -0.1) is 0 Å². The third kappa shape index (κ3) is 2.10. The number of nitro benzene ring substituents is 1. The van der Waals surface area contributed by atoms with Crippen molar-refractivity contribution < 1.29 is 14.8 Å². The third-order valence-electron chi connectivity index (χ3n) is 3.15. The number of carboxylic acids is 1. The van der Waals surface area contributed by atoms with Crippen LogP contribution in [-0.4, -0.2) is 30.5 Å². The van der Waals surface area contributed by atoms with Gasteiger partial charge in [-0.1, -0.05) is 0 Å². The van der Waals surface area contributed by atoms with E-state index in [1.165, 1.54) is 41.5 Å². The minimum absolute atomic E-state index is 0.186. The van der Waals surface area contributed by atoms with Gasteiger partial charge in [0, 0.05) is 23.8 Å². The number of imidazole rings is 1. The smallest absolute Gasteiger partial charge is 0.341 e. The second kappa shape index (κ2) is 4.81. The van der Waals surface area contributed by atoms with E-state index in [4.69, 9.17) is 5.11 Å². The second-order valence-electron chi connectivity index (χ2n) is 4.47. The average Bonchev–Trinajstić information content (AvgIpc) is 2.98. The quantitative estimate of drug-likeness (QED) is 0.554. The fraction of sp³-hybridized carbons (Fsp3) is 0. The molecule has 0 saturated carbocycles. The van der Waals surface area contributed by atoms with Crippen LogP contribution in [0.5, 0.6) is 0 Å². The average molecular weight is 300 g/mol. The molecular formula is C13H8N4O5. The summed E-state index contributed by atoms with van der Waals surface area (Å²) in [6.07, 6.45) is 4.37. The zero-order valence-corrected chi connectivity index (χ0v) is 10.9. The van der Waals surface area contributed by atoms with Crippen LogP contribution in [0.1, 0.15) is 10.4 Å². The molecule has 0 aliphatic rings. The van der Waals surface area contributed by atoms with Crippen molar-refractivity contribution in [1.29, 1.82) is 0 Å². The van der Waals surface area contributed by atoms with Crippen LogP contribution in [-0.2, 0) is 0 Å². The van der Waals surface area contributed by atoms with Crippen LogP contribution in [0.25, 0.3) is 16.6 Å². The summed E-state index contributed by atoms with van der Waals surface area (Å²) in [6.45, 7) is 0. The number of nitrogens with one attached hydrogen (secondary N) is 1. The van der Waals surface area contributed by atoms with Crippen molar-refractivity contribution in [3.63, 3.8) is 0 Å². The highest BCUT2D eigenvalue weighted by Gasteiger charge is 2.19. The fourth-order valence-electron chi connectivity index (χ4n) is 2.14. The molecule has 9 nitrogen and oxygen atoms in total. The molecule has 0 aliphatic heterocycles. The van der Waals surface area contributed by atoms with E-state index in [-0.39, 0.29) is 16.9 Å². The van der Waals surface area contributed by atoms with Gasteiger partial charge < -0.3 is 14.7 Å². The molecule has 0 bridgehead atoms. The number of H-pyrrole nitrogens is 1. The van der Waals surface area contributed by atoms with Crippen LogP contribution in [0.3, 0.4) is 0 Å². The molecule has 2 N–H and O–H groups in total. The molecule has 110 valence electrons. The molecule has 0 spiro atoms. The highest BCUT2D eigenvalue weighted by Crippen LogP contribution is 2.27. The Balaban J connectivity index is 2.37. The number of aromatic amines is 1. The van der Waals surface area contributed by atoms with Crippen molar-refractivity contribution in [3.05, 3.63) is 63.0 Å². The first-order valence-electron chi connectivity index (χ1n) is 6.04. The number of benzene rings is 1. The maximum atomic E-state index is 11.6. The molecule has 0 saturated heterocycles. The van der Waals surface area contributed by atoms with Crippen molar-refractivity contribution in [2.75, 3.05) is 0 Å². The summed E-state index contributed by atoms with van der Waals surface area (Å²) in [5, 5.41) is 20.6. The van der Waals surface area contributed by atoms with Crippen LogP contribution in [0.2, 0.25) is 0 Å². The minimum atomic E-state index is -1.37. The van der Waals surface area contributed by atoms with Gasteiger partial charge in [-0.05, 0) is 12.1 Å². The van der Waals surface area contributed by atoms with Gasteiger partial charge in [0.05, 0.1) is 16.8 Å². The Bertz CT molecular complexity index is 958. The van der Waals surface area contributed by atoms with Gasteiger partial charge in [0.15, 0.2) is 0 Å². The lowest BCUT2D eigenvalue weighted by molar-refractivity contribution is -0.384. The first kappa shape index (κ1) is 13.5. The van der Waals surface area contributed by atoms with Crippen molar-refractivity contribution in [1.82, 2.24) is 14.5 Å². The zero-order valence-electron chi connectivity index (χ0n) is 10.9. The lowest BCUT2D eigenvalue weighted by Gasteiger charge is -2.06. The lowest BCUT2D eigenvalue weighted by atomic mass is 10.1. The van der Waals surface area contributed by atoms with Gasteiger partial charge >= 0.3 is 5.97 Å². The number of nitrogens with zero attached hydrogens (tertiary/aromatic N) is 3. The van der Waals surface area contributed by atoms with Gasteiger partial charge in [-0.3, -0.25) is 14.9 Å². The summed E-state index contributed by atoms with van der Waals surface area (Å²) in [6, 6.07) is 3.80. The molecule has 0 radical (unpaired) electrons. The van der Waals surface area contributed by atoms with Gasteiger partial charge in [-0.25, -0.2) is 9.78 Å². The van der Waals surface area contributed by atoms with Crippen molar-refractivity contribution >= 4 is 22.6 Å². The normalized spacial score (nSPS) is 10.7. The van der Waals surface area contributed by atoms with Crippen molar-refractivity contribution in [2.45, 2.75) is 0 Å². The third-order valence-corrected chi connectivity index (χ3v) is 3.15. The number of carboxylic acid groups (broad SMARTS) is 1. The molecule has 0 unspecified atom stereocenters. The fourth-order valence-corrected chi connectivity index (χ4v) is 2.14. The van der Waals surface area contributed by atoms with E-state index in [1.807, 2.05) is 0 Å². The molecule has 3 aromatic rings. The molecule has 2 aromatic heterocycles. The molecule has 22 heavy (non-hydrogen) atoms. The monoisotopic (exact) mass is 300 g/mol. The van der Waals surface area contributed by atoms with Crippen LogP contribution >= 0.6 is 0 Å². The number of nitro groups is 1. The molecule has 1 aromatic carbocycles. The highest BCUT2D eigenvalue weighted by atomic mass is 16.6. The maximum absolute atomic E-state index is 11.6. The lowest BCUT2D eigenvalue weighted by Crippen LogP contribution is -2.17. The number of pyridine rings is 1. The maximum Gasteiger partial charge on any atom is 0.341 e. The Kier molecular flexibility index (Phi) is 2.95. The summed E-state index contributed by atoms with van der Waals surface area (Å²) < 4.78 is 1.43. The Morgan fingerprint density at radius 1 is 1.36 bits per heavy atom. The Hall–Kier alpha value is -3.49. The SMILES string of the molecule is O=C(O)c1cc2cc(-n3ccnc3)c([N+](=O)[O-])cc2[nH]c1=O. The van der Waals surface area contributed by atoms with E-state index in [9.17, 15) is 19.7 Å². The first-order chi connectivity index (χ1) is 10.5. The summed E-state index contributed by atoms with van der Waals surface area (Å²) in [5.41, 5.74) is -1.07. The topological polar surface area (TPSA) is 131 Å². The van der Waals surface area contributed by atoms with E-state index < -0.39 is 22.0 Å². The van der Waals surface area contributed by atoms with E-state index in [0.717, 1.165) is 0 Å². The number of aromatic carboxylic acids is 1. The number of hydrogen-bond donors (Lipinski definition) is 2. The molecule has 0 aliphatic carbocycles.